The second-order valence-corrected chi connectivity index (χ2v) is 6.29. The number of hydrogen-bond donors (Lipinski definition) is 0. The Kier molecular flexibility index (Phi) is 5.40. The summed E-state index contributed by atoms with van der Waals surface area (Å²) in [5.41, 5.74) is 1.90. The van der Waals surface area contributed by atoms with Crippen LogP contribution in [0.5, 0.6) is 5.75 Å². The topological polar surface area (TPSA) is 29.5 Å². The number of ketones is 1. The van der Waals surface area contributed by atoms with E-state index in [1.165, 1.54) is 6.42 Å². The van der Waals surface area contributed by atoms with Crippen molar-refractivity contribution in [3.63, 3.8) is 0 Å². The van der Waals surface area contributed by atoms with E-state index in [2.05, 4.69) is 18.7 Å². The summed E-state index contributed by atoms with van der Waals surface area (Å²) < 4.78 is 5.72. The van der Waals surface area contributed by atoms with Gasteiger partial charge in [-0.3, -0.25) is 9.69 Å². The summed E-state index contributed by atoms with van der Waals surface area (Å²) in [7, 11) is 0. The van der Waals surface area contributed by atoms with Gasteiger partial charge in [-0.1, -0.05) is 13.8 Å². The third kappa shape index (κ3) is 4.07. The number of carbonyl (C=O) groups excluding carboxylic acids is 1. The lowest BCUT2D eigenvalue weighted by Gasteiger charge is -2.35. The lowest BCUT2D eigenvalue weighted by atomic mass is 9.88. The number of benzene rings is 1. The highest BCUT2D eigenvalue weighted by atomic mass is 16.5. The molecule has 2 rings (SSSR count). The molecule has 0 aliphatic carbocycles. The molecule has 1 fully saturated rings. The molecule has 2 unspecified atom stereocenters. The fourth-order valence-electron chi connectivity index (χ4n) is 2.95. The number of nitrogens with zero attached hydrogens (tertiary/aromatic N) is 1. The van der Waals surface area contributed by atoms with Gasteiger partial charge < -0.3 is 4.74 Å². The number of hydrogen-bond acceptors (Lipinski definition) is 3. The second-order valence-electron chi connectivity index (χ2n) is 6.29. The zero-order chi connectivity index (χ0) is 15.4. The Bertz CT molecular complexity index is 498. The summed E-state index contributed by atoms with van der Waals surface area (Å²) in [5, 5.41) is 0. The number of likely N-dealkylation sites (tertiary alicyclic amines) is 1. The summed E-state index contributed by atoms with van der Waals surface area (Å²) in [4.78, 5) is 14.1. The van der Waals surface area contributed by atoms with Gasteiger partial charge in [0.2, 0.25) is 0 Å². The van der Waals surface area contributed by atoms with Gasteiger partial charge >= 0.3 is 0 Å². The van der Waals surface area contributed by atoms with Crippen LogP contribution in [0.2, 0.25) is 0 Å². The van der Waals surface area contributed by atoms with Crippen LogP contribution in [0.15, 0.2) is 18.2 Å². The molecule has 21 heavy (non-hydrogen) atoms. The van der Waals surface area contributed by atoms with Gasteiger partial charge in [-0.05, 0) is 56.8 Å². The van der Waals surface area contributed by atoms with Crippen molar-refractivity contribution in [1.29, 1.82) is 0 Å². The normalized spacial score (nSPS) is 23.0. The Balaban J connectivity index is 2.16. The first-order valence-corrected chi connectivity index (χ1v) is 8.00. The Morgan fingerprint density at radius 3 is 2.71 bits per heavy atom. The number of carbonyl (C=O) groups is 1. The monoisotopic (exact) mass is 289 g/mol. The van der Waals surface area contributed by atoms with Gasteiger partial charge in [-0.15, -0.1) is 0 Å². The van der Waals surface area contributed by atoms with Gasteiger partial charge in [0.1, 0.15) is 5.75 Å². The molecule has 0 saturated carbocycles. The van der Waals surface area contributed by atoms with Crippen LogP contribution in [0.3, 0.4) is 0 Å². The molecule has 0 bridgehead atoms. The molecule has 0 N–H and O–H groups in total. The summed E-state index contributed by atoms with van der Waals surface area (Å²) in [5.74, 6) is 2.55. The van der Waals surface area contributed by atoms with Crippen molar-refractivity contribution in [3.05, 3.63) is 29.3 Å². The maximum Gasteiger partial charge on any atom is 0.159 e. The highest BCUT2D eigenvalue weighted by molar-refractivity contribution is 5.94. The molecular formula is C18H27NO2. The first-order chi connectivity index (χ1) is 10.0. The third-order valence-electron chi connectivity index (χ3n) is 4.58. The fourth-order valence-corrected chi connectivity index (χ4v) is 2.95. The molecule has 1 saturated heterocycles. The molecule has 0 radical (unpaired) electrons. The molecule has 1 aromatic carbocycles. The molecule has 0 aromatic heterocycles. The second kappa shape index (κ2) is 7.08. The minimum absolute atomic E-state index is 0.111. The summed E-state index contributed by atoms with van der Waals surface area (Å²) >= 11 is 0. The Labute approximate surface area is 128 Å². The number of Topliss-reactive ketones (excluding diaryl/α,β-unsaturated/α-hetero) is 1. The molecule has 1 aromatic rings. The molecule has 116 valence electrons. The van der Waals surface area contributed by atoms with E-state index < -0.39 is 0 Å². The van der Waals surface area contributed by atoms with E-state index in [0.29, 0.717) is 6.61 Å². The molecule has 1 heterocycles. The minimum Gasteiger partial charge on any atom is -0.494 e. The molecule has 2 atom stereocenters. The molecule has 0 amide bonds. The van der Waals surface area contributed by atoms with E-state index >= 15 is 0 Å². The highest BCUT2D eigenvalue weighted by Crippen LogP contribution is 2.27. The van der Waals surface area contributed by atoms with Gasteiger partial charge in [0.05, 0.1) is 6.61 Å². The van der Waals surface area contributed by atoms with Crippen LogP contribution >= 0.6 is 0 Å². The van der Waals surface area contributed by atoms with Crippen LogP contribution in [0.1, 0.15) is 50.0 Å². The van der Waals surface area contributed by atoms with Crippen LogP contribution < -0.4 is 4.74 Å². The SMILES string of the molecule is CCOc1ccc(C(C)=O)cc1CN1CCC(C)C(C)C1. The van der Waals surface area contributed by atoms with Crippen molar-refractivity contribution >= 4 is 5.78 Å². The quantitative estimate of drug-likeness (QED) is 0.773. The van der Waals surface area contributed by atoms with E-state index in [1.54, 1.807) is 6.92 Å². The number of rotatable bonds is 5. The van der Waals surface area contributed by atoms with Crippen molar-refractivity contribution in [2.24, 2.45) is 11.8 Å². The third-order valence-corrected chi connectivity index (χ3v) is 4.58. The van der Waals surface area contributed by atoms with Gasteiger partial charge in [0.15, 0.2) is 5.78 Å². The average molecular weight is 289 g/mol. The van der Waals surface area contributed by atoms with Gasteiger partial charge in [-0.2, -0.15) is 0 Å². The smallest absolute Gasteiger partial charge is 0.159 e. The van der Waals surface area contributed by atoms with Gasteiger partial charge in [-0.25, -0.2) is 0 Å². The van der Waals surface area contributed by atoms with Gasteiger partial charge in [0.25, 0.3) is 0 Å². The van der Waals surface area contributed by atoms with E-state index in [1.807, 2.05) is 25.1 Å². The first kappa shape index (κ1) is 16.0. The van der Waals surface area contributed by atoms with Crippen molar-refractivity contribution in [3.8, 4) is 5.75 Å². The predicted molar refractivity (Wildman–Crippen MR) is 85.8 cm³/mol. The molecule has 1 aliphatic rings. The van der Waals surface area contributed by atoms with E-state index in [0.717, 1.165) is 48.3 Å². The number of piperidine rings is 1. The lowest BCUT2D eigenvalue weighted by molar-refractivity contribution is 0.101. The average Bonchev–Trinajstić information content (AvgIpc) is 2.45. The van der Waals surface area contributed by atoms with Crippen molar-refractivity contribution < 1.29 is 9.53 Å². The lowest BCUT2D eigenvalue weighted by Crippen LogP contribution is -2.37. The summed E-state index contributed by atoms with van der Waals surface area (Å²) in [6, 6.07) is 5.79. The van der Waals surface area contributed by atoms with Crippen LogP contribution in [-0.4, -0.2) is 30.4 Å². The highest BCUT2D eigenvalue weighted by Gasteiger charge is 2.23. The van der Waals surface area contributed by atoms with E-state index in [-0.39, 0.29) is 5.78 Å². The maximum atomic E-state index is 11.6. The van der Waals surface area contributed by atoms with E-state index in [9.17, 15) is 4.79 Å². The van der Waals surface area contributed by atoms with Crippen molar-refractivity contribution in [2.45, 2.75) is 40.7 Å². The Morgan fingerprint density at radius 1 is 1.33 bits per heavy atom. The van der Waals surface area contributed by atoms with Gasteiger partial charge in [0, 0.05) is 24.2 Å². The summed E-state index contributed by atoms with van der Waals surface area (Å²) in [6.07, 6.45) is 1.25. The standard InChI is InChI=1S/C18H27NO2/c1-5-21-18-7-6-16(15(4)20)10-17(18)12-19-9-8-13(2)14(3)11-19/h6-7,10,13-14H,5,8-9,11-12H2,1-4H3. The van der Waals surface area contributed by atoms with Crippen LogP contribution in [0, 0.1) is 11.8 Å². The Morgan fingerprint density at radius 2 is 2.10 bits per heavy atom. The van der Waals surface area contributed by atoms with Crippen LogP contribution in [0.4, 0.5) is 0 Å². The maximum absolute atomic E-state index is 11.6. The van der Waals surface area contributed by atoms with Crippen LogP contribution in [-0.2, 0) is 6.54 Å². The first-order valence-electron chi connectivity index (χ1n) is 8.00. The molecule has 1 aliphatic heterocycles. The number of ether oxygens (including phenoxy) is 1. The van der Waals surface area contributed by atoms with E-state index in [4.69, 9.17) is 4.74 Å². The summed E-state index contributed by atoms with van der Waals surface area (Å²) in [6.45, 7) is 12.0. The molecule has 3 heteroatoms. The molecule has 3 nitrogen and oxygen atoms in total. The minimum atomic E-state index is 0.111. The largest absolute Gasteiger partial charge is 0.494 e. The molecule has 0 spiro atoms. The van der Waals surface area contributed by atoms with Crippen molar-refractivity contribution in [1.82, 2.24) is 4.90 Å². The predicted octanol–water partition coefficient (Wildman–Crippen LogP) is 3.77. The molecular weight excluding hydrogens is 262 g/mol. The van der Waals surface area contributed by atoms with Crippen LogP contribution in [0.25, 0.3) is 0 Å². The fraction of sp³-hybridized carbons (Fsp3) is 0.611. The zero-order valence-electron chi connectivity index (χ0n) is 13.7. The van der Waals surface area contributed by atoms with Crippen molar-refractivity contribution in [2.75, 3.05) is 19.7 Å². The Hall–Kier alpha value is -1.35. The zero-order valence-corrected chi connectivity index (χ0v) is 13.7.